The molecule has 0 atom stereocenters. The highest BCUT2D eigenvalue weighted by Crippen LogP contribution is 2.22. The van der Waals surface area contributed by atoms with Gasteiger partial charge in [0.15, 0.2) is 6.29 Å². The third kappa shape index (κ3) is 3.78. The highest BCUT2D eigenvalue weighted by atomic mass is 16.1. The molecule has 0 heterocycles. The summed E-state index contributed by atoms with van der Waals surface area (Å²) < 4.78 is 0. The largest absolute Gasteiger partial charge is 0.291 e. The number of carbonyl (C=O) groups excluding carboxylic acids is 1. The highest BCUT2D eigenvalue weighted by Gasteiger charge is 2.15. The van der Waals surface area contributed by atoms with Crippen LogP contribution in [0.4, 0.5) is 0 Å². The van der Waals surface area contributed by atoms with Crippen LogP contribution in [0.2, 0.25) is 0 Å². The Labute approximate surface area is 56.5 Å². The summed E-state index contributed by atoms with van der Waals surface area (Å²) in [5.41, 5.74) is -0.0590. The zero-order valence-corrected chi connectivity index (χ0v) is 5.90. The Morgan fingerprint density at radius 2 is 2.00 bits per heavy atom. The molecule has 1 radical (unpaired) electrons. The van der Waals surface area contributed by atoms with E-state index in [-0.39, 0.29) is 5.41 Å². The number of hydrogen-bond acceptors (Lipinski definition) is 1. The second kappa shape index (κ2) is 3.29. The molecule has 0 saturated carbocycles. The van der Waals surface area contributed by atoms with Crippen LogP contribution in [-0.2, 0) is 4.79 Å². The van der Waals surface area contributed by atoms with E-state index in [1.807, 2.05) is 20.1 Å². The quantitative estimate of drug-likeness (QED) is 0.520. The third-order valence-electron chi connectivity index (χ3n) is 1.13. The lowest BCUT2D eigenvalue weighted by atomic mass is 9.87. The molecule has 0 rings (SSSR count). The number of rotatable bonds is 3. The van der Waals surface area contributed by atoms with E-state index in [9.17, 15) is 4.79 Å². The van der Waals surface area contributed by atoms with Crippen LogP contribution >= 0.6 is 0 Å². The molecule has 0 fully saturated rings. The van der Waals surface area contributed by atoms with Gasteiger partial charge in [-0.25, -0.2) is 0 Å². The van der Waals surface area contributed by atoms with Gasteiger partial charge >= 0.3 is 0 Å². The van der Waals surface area contributed by atoms with Crippen molar-refractivity contribution in [1.29, 1.82) is 0 Å². The third-order valence-corrected chi connectivity index (χ3v) is 1.13. The van der Waals surface area contributed by atoms with Gasteiger partial charge in [0.1, 0.15) is 0 Å². The van der Waals surface area contributed by atoms with E-state index >= 15 is 0 Å². The van der Waals surface area contributed by atoms with E-state index in [4.69, 9.17) is 6.42 Å². The summed E-state index contributed by atoms with van der Waals surface area (Å²) in [4.78, 5) is 9.90. The molecule has 0 amide bonds. The molecule has 0 aliphatic rings. The maximum Gasteiger partial charge on any atom is 0.198 e. The Hall–Kier alpha value is -0.770. The second-order valence-electron chi connectivity index (χ2n) is 2.87. The van der Waals surface area contributed by atoms with Crippen molar-refractivity contribution in [2.75, 3.05) is 0 Å². The molecule has 0 aromatic heterocycles. The molecule has 0 bridgehead atoms. The van der Waals surface area contributed by atoms with Gasteiger partial charge in [0.25, 0.3) is 0 Å². The molecule has 0 aliphatic heterocycles. The highest BCUT2D eigenvalue weighted by molar-refractivity contribution is 5.51. The molecule has 0 aromatic carbocycles. The van der Waals surface area contributed by atoms with E-state index < -0.39 is 0 Å². The van der Waals surface area contributed by atoms with Gasteiger partial charge in [-0.3, -0.25) is 4.79 Å². The molecular formula is C8H11O. The fourth-order valence-electron chi connectivity index (χ4n) is 0.534. The second-order valence-corrected chi connectivity index (χ2v) is 2.87. The molecule has 9 heavy (non-hydrogen) atoms. The summed E-state index contributed by atoms with van der Waals surface area (Å²) in [5, 5.41) is 0. The summed E-state index contributed by atoms with van der Waals surface area (Å²) in [5.74, 6) is 2.51. The molecule has 1 heteroatoms. The first-order chi connectivity index (χ1) is 4.12. The zero-order valence-electron chi connectivity index (χ0n) is 5.90. The summed E-state index contributed by atoms with van der Waals surface area (Å²) in [6.45, 7) is 3.91. The van der Waals surface area contributed by atoms with Crippen molar-refractivity contribution in [3.8, 4) is 12.3 Å². The van der Waals surface area contributed by atoms with Crippen molar-refractivity contribution in [2.24, 2.45) is 5.41 Å². The van der Waals surface area contributed by atoms with Crippen LogP contribution in [0, 0.1) is 17.8 Å². The van der Waals surface area contributed by atoms with Crippen molar-refractivity contribution in [1.82, 2.24) is 0 Å². The van der Waals surface area contributed by atoms with Gasteiger partial charge < -0.3 is 0 Å². The minimum atomic E-state index is -0.0590. The Morgan fingerprint density at radius 3 is 2.33 bits per heavy atom. The van der Waals surface area contributed by atoms with Gasteiger partial charge in [-0.1, -0.05) is 13.8 Å². The molecule has 0 N–H and O–H groups in total. The normalized spacial score (nSPS) is 10.3. The Kier molecular flexibility index (Phi) is 3.01. The SMILES string of the molecule is C#CCC(C)(C)C[C]=O. The van der Waals surface area contributed by atoms with Crippen LogP contribution in [0.3, 0.4) is 0 Å². The number of hydrogen-bond donors (Lipinski definition) is 0. The van der Waals surface area contributed by atoms with Crippen LogP contribution in [0.1, 0.15) is 26.7 Å². The van der Waals surface area contributed by atoms with E-state index in [2.05, 4.69) is 5.92 Å². The van der Waals surface area contributed by atoms with Gasteiger partial charge in [-0.2, -0.15) is 0 Å². The summed E-state index contributed by atoms with van der Waals surface area (Å²) in [6.07, 6.45) is 7.98. The van der Waals surface area contributed by atoms with Gasteiger partial charge in [0, 0.05) is 12.8 Å². The van der Waals surface area contributed by atoms with Gasteiger partial charge in [-0.05, 0) is 5.41 Å². The molecule has 1 nitrogen and oxygen atoms in total. The van der Waals surface area contributed by atoms with Crippen molar-refractivity contribution in [2.45, 2.75) is 26.7 Å². The minimum absolute atomic E-state index is 0.0590. The first-order valence-electron chi connectivity index (χ1n) is 2.91. The maximum absolute atomic E-state index is 9.90. The molecule has 0 unspecified atom stereocenters. The predicted octanol–water partition coefficient (Wildman–Crippen LogP) is 1.54. The van der Waals surface area contributed by atoms with Gasteiger partial charge in [-0.15, -0.1) is 12.3 Å². The van der Waals surface area contributed by atoms with Crippen LogP contribution in [0.5, 0.6) is 0 Å². The van der Waals surface area contributed by atoms with Gasteiger partial charge in [0.2, 0.25) is 0 Å². The van der Waals surface area contributed by atoms with E-state index in [0.29, 0.717) is 12.8 Å². The standard InChI is InChI=1S/C8H11O/c1-4-5-8(2,3)6-7-9/h1H,5-6H2,2-3H3. The van der Waals surface area contributed by atoms with E-state index in [0.717, 1.165) is 0 Å². The fourth-order valence-corrected chi connectivity index (χ4v) is 0.534. The van der Waals surface area contributed by atoms with E-state index in [1.54, 1.807) is 0 Å². The van der Waals surface area contributed by atoms with Crippen LogP contribution in [0.15, 0.2) is 0 Å². The summed E-state index contributed by atoms with van der Waals surface area (Å²) in [6, 6.07) is 0. The summed E-state index contributed by atoms with van der Waals surface area (Å²) in [7, 11) is 0. The van der Waals surface area contributed by atoms with Crippen molar-refractivity contribution in [3.05, 3.63) is 0 Å². The first kappa shape index (κ1) is 8.23. The monoisotopic (exact) mass is 123 g/mol. The smallest absolute Gasteiger partial charge is 0.198 e. The first-order valence-corrected chi connectivity index (χ1v) is 2.91. The molecule has 49 valence electrons. The Bertz CT molecular complexity index is 128. The van der Waals surface area contributed by atoms with Crippen molar-refractivity contribution < 1.29 is 4.79 Å². The number of terminal acetylenes is 1. The molecule has 0 spiro atoms. The lowest BCUT2D eigenvalue weighted by Crippen LogP contribution is -2.10. The molecule has 0 aliphatic carbocycles. The zero-order chi connectivity index (χ0) is 7.33. The minimum Gasteiger partial charge on any atom is -0.291 e. The summed E-state index contributed by atoms with van der Waals surface area (Å²) >= 11 is 0. The Morgan fingerprint density at radius 1 is 1.44 bits per heavy atom. The van der Waals surface area contributed by atoms with Crippen LogP contribution in [-0.4, -0.2) is 6.29 Å². The fraction of sp³-hybridized carbons (Fsp3) is 0.625. The topological polar surface area (TPSA) is 17.1 Å². The average molecular weight is 123 g/mol. The molecule has 0 saturated heterocycles. The maximum atomic E-state index is 9.90. The predicted molar refractivity (Wildman–Crippen MR) is 37.5 cm³/mol. The molecule has 0 aromatic rings. The Balaban J connectivity index is 3.73. The lowest BCUT2D eigenvalue weighted by molar-refractivity contribution is 0.384. The van der Waals surface area contributed by atoms with Gasteiger partial charge in [0.05, 0.1) is 0 Å². The lowest BCUT2D eigenvalue weighted by Gasteiger charge is -2.16. The molecular weight excluding hydrogens is 112 g/mol. The van der Waals surface area contributed by atoms with Crippen molar-refractivity contribution in [3.63, 3.8) is 0 Å². The van der Waals surface area contributed by atoms with E-state index in [1.165, 1.54) is 0 Å². The van der Waals surface area contributed by atoms with Crippen molar-refractivity contribution >= 4 is 6.29 Å². The van der Waals surface area contributed by atoms with Crippen LogP contribution < -0.4 is 0 Å². The average Bonchev–Trinajstić information content (AvgIpc) is 1.64. The van der Waals surface area contributed by atoms with Crippen LogP contribution in [0.25, 0.3) is 0 Å².